The summed E-state index contributed by atoms with van der Waals surface area (Å²) >= 11 is 3.32. The molecule has 0 bridgehead atoms. The second-order valence-corrected chi connectivity index (χ2v) is 5.82. The minimum Gasteiger partial charge on any atom is -0.339 e. The summed E-state index contributed by atoms with van der Waals surface area (Å²) in [6.07, 6.45) is 1.79. The minimum absolute atomic E-state index is 0. The molecule has 112 valence electrons. The van der Waals surface area contributed by atoms with Crippen molar-refractivity contribution in [1.82, 2.24) is 4.90 Å². The molecule has 0 aliphatic carbocycles. The number of aryl methyl sites for hydroxylation is 1. The topological polar surface area (TPSA) is 46.3 Å². The Balaban J connectivity index is 0.00000200. The minimum atomic E-state index is -0.469. The van der Waals surface area contributed by atoms with Crippen molar-refractivity contribution in [2.24, 2.45) is 11.7 Å². The maximum atomic E-state index is 13.9. The molecular formula is C14H19BrClFN2O. The van der Waals surface area contributed by atoms with Gasteiger partial charge in [0.1, 0.15) is 5.82 Å². The largest absolute Gasteiger partial charge is 0.339 e. The Bertz CT molecular complexity index is 490. The van der Waals surface area contributed by atoms with Crippen LogP contribution >= 0.6 is 28.3 Å². The fourth-order valence-corrected chi connectivity index (χ4v) is 2.87. The Morgan fingerprint density at radius 3 is 2.60 bits per heavy atom. The van der Waals surface area contributed by atoms with E-state index in [1.807, 2.05) is 6.92 Å². The first-order chi connectivity index (χ1) is 9.04. The van der Waals surface area contributed by atoms with Crippen molar-refractivity contribution < 1.29 is 9.18 Å². The van der Waals surface area contributed by atoms with Crippen molar-refractivity contribution in [3.05, 3.63) is 33.5 Å². The highest BCUT2D eigenvalue weighted by Crippen LogP contribution is 2.27. The molecule has 1 amide bonds. The van der Waals surface area contributed by atoms with Crippen LogP contribution < -0.4 is 5.73 Å². The lowest BCUT2D eigenvalue weighted by atomic mass is 9.96. The first-order valence-corrected chi connectivity index (χ1v) is 7.27. The molecule has 1 heterocycles. The van der Waals surface area contributed by atoms with Crippen LogP contribution in [0.15, 0.2) is 16.6 Å². The molecule has 1 aliphatic rings. The number of nitrogens with zero attached hydrogens (tertiary/aromatic N) is 1. The second kappa shape index (κ2) is 7.38. The standard InChI is InChI=1S/C14H18BrFN2O.ClH/c1-9-2-3-11(16)12(13(9)15)14(19)18-6-4-10(8-17)5-7-18;/h2-3,10H,4-8,17H2,1H3;1H. The van der Waals surface area contributed by atoms with E-state index >= 15 is 0 Å². The van der Waals surface area contributed by atoms with Crippen LogP contribution in [-0.2, 0) is 0 Å². The molecule has 2 rings (SSSR count). The summed E-state index contributed by atoms with van der Waals surface area (Å²) in [5, 5.41) is 0. The Morgan fingerprint density at radius 2 is 2.05 bits per heavy atom. The average molecular weight is 366 g/mol. The smallest absolute Gasteiger partial charge is 0.257 e. The number of likely N-dealkylation sites (tertiary alicyclic amines) is 1. The Hall–Kier alpha value is -0.650. The molecule has 1 aromatic rings. The lowest BCUT2D eigenvalue weighted by Gasteiger charge is -2.31. The van der Waals surface area contributed by atoms with Crippen LogP contribution in [0.4, 0.5) is 4.39 Å². The predicted octanol–water partition coefficient (Wildman–Crippen LogP) is 3.13. The molecule has 3 nitrogen and oxygen atoms in total. The van der Waals surface area contributed by atoms with E-state index in [9.17, 15) is 9.18 Å². The summed E-state index contributed by atoms with van der Waals surface area (Å²) < 4.78 is 14.4. The van der Waals surface area contributed by atoms with E-state index < -0.39 is 5.82 Å². The molecule has 0 unspecified atom stereocenters. The summed E-state index contributed by atoms with van der Waals surface area (Å²) in [5.41, 5.74) is 6.64. The molecule has 20 heavy (non-hydrogen) atoms. The van der Waals surface area contributed by atoms with E-state index in [4.69, 9.17) is 5.73 Å². The summed E-state index contributed by atoms with van der Waals surface area (Å²) in [4.78, 5) is 14.1. The molecule has 2 N–H and O–H groups in total. The molecule has 1 fully saturated rings. The Kier molecular flexibility index (Phi) is 6.43. The van der Waals surface area contributed by atoms with Crippen LogP contribution in [0.5, 0.6) is 0 Å². The van der Waals surface area contributed by atoms with Crippen molar-refractivity contribution >= 4 is 34.2 Å². The summed E-state index contributed by atoms with van der Waals surface area (Å²) in [5.74, 6) is -0.221. The van der Waals surface area contributed by atoms with E-state index in [0.717, 1.165) is 18.4 Å². The van der Waals surface area contributed by atoms with Crippen molar-refractivity contribution in [2.45, 2.75) is 19.8 Å². The van der Waals surface area contributed by atoms with Crippen LogP contribution in [0, 0.1) is 18.7 Å². The van der Waals surface area contributed by atoms with Gasteiger partial charge in [0, 0.05) is 17.6 Å². The average Bonchev–Trinajstić information content (AvgIpc) is 2.43. The van der Waals surface area contributed by atoms with Crippen LogP contribution in [0.1, 0.15) is 28.8 Å². The third-order valence-electron chi connectivity index (χ3n) is 3.73. The number of hydrogen-bond donors (Lipinski definition) is 1. The number of halogens is 3. The first-order valence-electron chi connectivity index (χ1n) is 6.48. The number of carbonyl (C=O) groups is 1. The summed E-state index contributed by atoms with van der Waals surface area (Å²) in [7, 11) is 0. The van der Waals surface area contributed by atoms with Crippen LogP contribution in [0.2, 0.25) is 0 Å². The van der Waals surface area contributed by atoms with E-state index in [2.05, 4.69) is 15.9 Å². The number of amides is 1. The molecule has 6 heteroatoms. The SMILES string of the molecule is Cc1ccc(F)c(C(=O)N2CCC(CN)CC2)c1Br.Cl. The fourth-order valence-electron chi connectivity index (χ4n) is 2.38. The first kappa shape index (κ1) is 17.4. The molecular weight excluding hydrogens is 347 g/mol. The Labute approximate surface area is 133 Å². The molecule has 1 saturated heterocycles. The van der Waals surface area contributed by atoms with E-state index in [1.165, 1.54) is 6.07 Å². The molecule has 0 radical (unpaired) electrons. The van der Waals surface area contributed by atoms with Crippen molar-refractivity contribution in [3.8, 4) is 0 Å². The zero-order chi connectivity index (χ0) is 14.0. The van der Waals surface area contributed by atoms with Crippen LogP contribution in [-0.4, -0.2) is 30.4 Å². The third-order valence-corrected chi connectivity index (χ3v) is 4.76. The van der Waals surface area contributed by atoms with Gasteiger partial charge in [-0.25, -0.2) is 4.39 Å². The van der Waals surface area contributed by atoms with Gasteiger partial charge in [0.15, 0.2) is 0 Å². The zero-order valence-electron chi connectivity index (χ0n) is 11.4. The monoisotopic (exact) mass is 364 g/mol. The van der Waals surface area contributed by atoms with Gasteiger partial charge in [0.2, 0.25) is 0 Å². The number of rotatable bonds is 2. The number of benzene rings is 1. The highest BCUT2D eigenvalue weighted by molar-refractivity contribution is 9.10. The number of piperidine rings is 1. The fraction of sp³-hybridized carbons (Fsp3) is 0.500. The van der Waals surface area contributed by atoms with Crippen molar-refractivity contribution in [2.75, 3.05) is 19.6 Å². The lowest BCUT2D eigenvalue weighted by molar-refractivity contribution is 0.0687. The predicted molar refractivity (Wildman–Crippen MR) is 83.8 cm³/mol. The molecule has 0 saturated carbocycles. The Morgan fingerprint density at radius 1 is 1.45 bits per heavy atom. The summed E-state index contributed by atoms with van der Waals surface area (Å²) in [6, 6.07) is 3.01. The lowest BCUT2D eigenvalue weighted by Crippen LogP contribution is -2.40. The number of hydrogen-bond acceptors (Lipinski definition) is 2. The maximum Gasteiger partial charge on any atom is 0.257 e. The van der Waals surface area contributed by atoms with E-state index in [-0.39, 0.29) is 23.9 Å². The van der Waals surface area contributed by atoms with Crippen molar-refractivity contribution in [3.63, 3.8) is 0 Å². The van der Waals surface area contributed by atoms with E-state index in [1.54, 1.807) is 11.0 Å². The maximum absolute atomic E-state index is 13.9. The molecule has 0 aromatic heterocycles. The van der Waals surface area contributed by atoms with Gasteiger partial charge in [-0.15, -0.1) is 12.4 Å². The highest BCUT2D eigenvalue weighted by Gasteiger charge is 2.26. The highest BCUT2D eigenvalue weighted by atomic mass is 79.9. The van der Waals surface area contributed by atoms with Gasteiger partial charge in [-0.2, -0.15) is 0 Å². The number of nitrogens with two attached hydrogens (primary N) is 1. The van der Waals surface area contributed by atoms with Gasteiger partial charge >= 0.3 is 0 Å². The zero-order valence-corrected chi connectivity index (χ0v) is 13.8. The van der Waals surface area contributed by atoms with Gasteiger partial charge in [0.05, 0.1) is 5.56 Å². The summed E-state index contributed by atoms with van der Waals surface area (Å²) in [6.45, 7) is 3.81. The normalized spacial score (nSPS) is 15.9. The quantitative estimate of drug-likeness (QED) is 0.875. The van der Waals surface area contributed by atoms with Gasteiger partial charge in [-0.1, -0.05) is 6.07 Å². The van der Waals surface area contributed by atoms with Gasteiger partial charge in [-0.05, 0) is 59.8 Å². The van der Waals surface area contributed by atoms with Crippen molar-refractivity contribution in [1.29, 1.82) is 0 Å². The number of carbonyl (C=O) groups excluding carboxylic acids is 1. The van der Waals surface area contributed by atoms with Gasteiger partial charge in [-0.3, -0.25) is 4.79 Å². The van der Waals surface area contributed by atoms with Crippen LogP contribution in [0.3, 0.4) is 0 Å². The molecule has 0 spiro atoms. The van der Waals surface area contributed by atoms with Crippen LogP contribution in [0.25, 0.3) is 0 Å². The van der Waals surface area contributed by atoms with Gasteiger partial charge < -0.3 is 10.6 Å². The second-order valence-electron chi connectivity index (χ2n) is 5.02. The third kappa shape index (κ3) is 3.51. The molecule has 1 aromatic carbocycles. The molecule has 1 aliphatic heterocycles. The van der Waals surface area contributed by atoms with E-state index in [0.29, 0.717) is 30.0 Å². The van der Waals surface area contributed by atoms with Gasteiger partial charge in [0.25, 0.3) is 5.91 Å². The molecule has 0 atom stereocenters.